The SMILES string of the molecule is Cc1cccn2cc(COc3ccccc3C(=O)NCCCN(C)Cc3ccccc3)nc12. The van der Waals surface area contributed by atoms with Crippen LogP contribution in [0.15, 0.2) is 79.1 Å². The highest BCUT2D eigenvalue weighted by molar-refractivity contribution is 5.96. The Morgan fingerprint density at radius 3 is 2.67 bits per heavy atom. The predicted molar refractivity (Wildman–Crippen MR) is 130 cm³/mol. The fourth-order valence-electron chi connectivity index (χ4n) is 3.83. The summed E-state index contributed by atoms with van der Waals surface area (Å²) in [5.41, 5.74) is 4.67. The summed E-state index contributed by atoms with van der Waals surface area (Å²) in [4.78, 5) is 19.7. The van der Waals surface area contributed by atoms with Crippen molar-refractivity contribution in [3.63, 3.8) is 0 Å². The zero-order valence-electron chi connectivity index (χ0n) is 19.2. The van der Waals surface area contributed by atoms with Crippen LogP contribution in [-0.2, 0) is 13.2 Å². The van der Waals surface area contributed by atoms with Crippen LogP contribution in [0.5, 0.6) is 5.75 Å². The standard InChI is InChI=1S/C27H30N4O2/c1-21-10-8-17-31-19-23(29-26(21)31)20-33-25-14-7-6-13-24(25)27(32)28-15-9-16-30(2)18-22-11-4-3-5-12-22/h3-8,10-14,17,19H,9,15-16,18,20H2,1-2H3,(H,28,32). The molecule has 170 valence electrons. The first-order chi connectivity index (χ1) is 16.1. The van der Waals surface area contributed by atoms with E-state index in [0.717, 1.165) is 36.4 Å². The topological polar surface area (TPSA) is 58.9 Å². The third-order valence-electron chi connectivity index (χ3n) is 5.53. The molecule has 6 nitrogen and oxygen atoms in total. The van der Waals surface area contributed by atoms with Gasteiger partial charge < -0.3 is 19.4 Å². The number of aromatic nitrogens is 2. The second kappa shape index (κ2) is 10.8. The molecule has 1 amide bonds. The molecule has 1 N–H and O–H groups in total. The molecule has 0 saturated heterocycles. The van der Waals surface area contributed by atoms with Gasteiger partial charge in [0.15, 0.2) is 0 Å². The molecule has 0 atom stereocenters. The number of hydrogen-bond donors (Lipinski definition) is 1. The summed E-state index contributed by atoms with van der Waals surface area (Å²) in [6.45, 7) is 4.74. The average Bonchev–Trinajstić information content (AvgIpc) is 3.26. The summed E-state index contributed by atoms with van der Waals surface area (Å²) in [5.74, 6) is 0.437. The van der Waals surface area contributed by atoms with Crippen molar-refractivity contribution < 1.29 is 9.53 Å². The van der Waals surface area contributed by atoms with E-state index in [1.54, 1.807) is 6.07 Å². The second-order valence-electron chi connectivity index (χ2n) is 8.27. The van der Waals surface area contributed by atoms with E-state index in [1.165, 1.54) is 5.56 Å². The molecule has 2 heterocycles. The number of aryl methyl sites for hydroxylation is 1. The highest BCUT2D eigenvalue weighted by Crippen LogP contribution is 2.20. The van der Waals surface area contributed by atoms with Gasteiger partial charge in [-0.15, -0.1) is 0 Å². The number of nitrogens with zero attached hydrogens (tertiary/aromatic N) is 3. The molecule has 0 aliphatic carbocycles. The van der Waals surface area contributed by atoms with Crippen LogP contribution in [0.4, 0.5) is 0 Å². The van der Waals surface area contributed by atoms with Crippen LogP contribution < -0.4 is 10.1 Å². The molecule has 0 unspecified atom stereocenters. The van der Waals surface area contributed by atoms with Crippen molar-refractivity contribution in [1.29, 1.82) is 0 Å². The van der Waals surface area contributed by atoms with Gasteiger partial charge in [-0.05, 0) is 56.3 Å². The zero-order valence-corrected chi connectivity index (χ0v) is 19.2. The smallest absolute Gasteiger partial charge is 0.255 e. The van der Waals surface area contributed by atoms with Gasteiger partial charge in [-0.2, -0.15) is 0 Å². The van der Waals surface area contributed by atoms with Gasteiger partial charge >= 0.3 is 0 Å². The first-order valence-corrected chi connectivity index (χ1v) is 11.3. The van der Waals surface area contributed by atoms with Crippen LogP contribution in [0.25, 0.3) is 5.65 Å². The molecule has 33 heavy (non-hydrogen) atoms. The van der Waals surface area contributed by atoms with E-state index in [0.29, 0.717) is 24.5 Å². The van der Waals surface area contributed by atoms with E-state index in [4.69, 9.17) is 4.74 Å². The Kier molecular flexibility index (Phi) is 7.37. The Hall–Kier alpha value is -3.64. The van der Waals surface area contributed by atoms with Crippen molar-refractivity contribution in [3.8, 4) is 5.75 Å². The normalized spacial score (nSPS) is 11.1. The number of fused-ring (bicyclic) bond motifs is 1. The number of pyridine rings is 1. The van der Waals surface area contributed by atoms with E-state index in [1.807, 2.05) is 60.1 Å². The number of carbonyl (C=O) groups excluding carboxylic acids is 1. The third-order valence-corrected chi connectivity index (χ3v) is 5.53. The number of imidazole rings is 1. The van der Waals surface area contributed by atoms with Crippen molar-refractivity contribution in [2.24, 2.45) is 0 Å². The summed E-state index contributed by atoms with van der Waals surface area (Å²) in [6, 6.07) is 21.8. The molecule has 0 radical (unpaired) electrons. The Bertz CT molecular complexity index is 1200. The van der Waals surface area contributed by atoms with Crippen LogP contribution >= 0.6 is 0 Å². The molecule has 0 saturated carbocycles. The molecule has 0 aliphatic heterocycles. The maximum atomic E-state index is 12.8. The highest BCUT2D eigenvalue weighted by atomic mass is 16.5. The number of ether oxygens (including phenoxy) is 1. The first-order valence-electron chi connectivity index (χ1n) is 11.3. The van der Waals surface area contributed by atoms with Gasteiger partial charge in [-0.3, -0.25) is 4.79 Å². The lowest BCUT2D eigenvalue weighted by atomic mass is 10.2. The number of benzene rings is 2. The average molecular weight is 443 g/mol. The summed E-state index contributed by atoms with van der Waals surface area (Å²) in [7, 11) is 2.10. The maximum absolute atomic E-state index is 12.8. The molecule has 0 aliphatic rings. The van der Waals surface area contributed by atoms with Crippen molar-refractivity contribution in [3.05, 3.63) is 102 Å². The molecular formula is C27H30N4O2. The number of para-hydroxylation sites is 1. The molecule has 0 fully saturated rings. The molecule has 2 aromatic carbocycles. The summed E-state index contributed by atoms with van der Waals surface area (Å²) < 4.78 is 7.97. The van der Waals surface area contributed by atoms with Crippen LogP contribution in [-0.4, -0.2) is 40.3 Å². The Balaban J connectivity index is 1.28. The van der Waals surface area contributed by atoms with Crippen LogP contribution in [0.2, 0.25) is 0 Å². The van der Waals surface area contributed by atoms with Crippen molar-refractivity contribution >= 4 is 11.6 Å². The van der Waals surface area contributed by atoms with Gasteiger partial charge in [0.1, 0.15) is 18.0 Å². The molecule has 4 rings (SSSR count). The molecule has 2 aromatic heterocycles. The van der Waals surface area contributed by atoms with Gasteiger partial charge in [-0.25, -0.2) is 4.98 Å². The summed E-state index contributed by atoms with van der Waals surface area (Å²) in [6.07, 6.45) is 4.80. The Labute approximate surface area is 194 Å². The lowest BCUT2D eigenvalue weighted by molar-refractivity contribution is 0.0947. The van der Waals surface area contributed by atoms with Crippen molar-refractivity contribution in [2.75, 3.05) is 20.1 Å². The lowest BCUT2D eigenvalue weighted by Gasteiger charge is -2.17. The highest BCUT2D eigenvalue weighted by Gasteiger charge is 2.13. The summed E-state index contributed by atoms with van der Waals surface area (Å²) >= 11 is 0. The monoisotopic (exact) mass is 442 g/mol. The molecular weight excluding hydrogens is 412 g/mol. The molecule has 0 bridgehead atoms. The van der Waals surface area contributed by atoms with E-state index in [2.05, 4.69) is 46.5 Å². The van der Waals surface area contributed by atoms with E-state index in [-0.39, 0.29) is 5.91 Å². The van der Waals surface area contributed by atoms with Gasteiger partial charge in [-0.1, -0.05) is 48.5 Å². The first kappa shape index (κ1) is 22.6. The molecule has 6 heteroatoms. The minimum Gasteiger partial charge on any atom is -0.486 e. The van der Waals surface area contributed by atoms with E-state index in [9.17, 15) is 4.79 Å². The Morgan fingerprint density at radius 2 is 1.85 bits per heavy atom. The van der Waals surface area contributed by atoms with E-state index >= 15 is 0 Å². The summed E-state index contributed by atoms with van der Waals surface area (Å²) in [5, 5.41) is 3.02. The second-order valence-corrected chi connectivity index (χ2v) is 8.27. The fourth-order valence-corrected chi connectivity index (χ4v) is 3.83. The zero-order chi connectivity index (χ0) is 23.0. The number of carbonyl (C=O) groups is 1. The van der Waals surface area contributed by atoms with Crippen LogP contribution in [0, 0.1) is 6.92 Å². The number of nitrogens with one attached hydrogen (secondary N) is 1. The number of hydrogen-bond acceptors (Lipinski definition) is 4. The number of rotatable bonds is 10. The van der Waals surface area contributed by atoms with Gasteiger partial charge in [0.05, 0.1) is 11.3 Å². The molecule has 0 spiro atoms. The van der Waals surface area contributed by atoms with Gasteiger partial charge in [0, 0.05) is 25.5 Å². The Morgan fingerprint density at radius 1 is 1.06 bits per heavy atom. The lowest BCUT2D eigenvalue weighted by Crippen LogP contribution is -2.28. The maximum Gasteiger partial charge on any atom is 0.255 e. The van der Waals surface area contributed by atoms with Crippen LogP contribution in [0.3, 0.4) is 0 Å². The van der Waals surface area contributed by atoms with Gasteiger partial charge in [0.2, 0.25) is 0 Å². The van der Waals surface area contributed by atoms with E-state index < -0.39 is 0 Å². The van der Waals surface area contributed by atoms with Crippen molar-refractivity contribution in [1.82, 2.24) is 19.6 Å². The number of amides is 1. The predicted octanol–water partition coefficient (Wildman–Crippen LogP) is 4.47. The van der Waals surface area contributed by atoms with Crippen molar-refractivity contribution in [2.45, 2.75) is 26.5 Å². The fraction of sp³-hybridized carbons (Fsp3) is 0.259. The van der Waals surface area contributed by atoms with Crippen LogP contribution in [0.1, 0.15) is 33.6 Å². The largest absolute Gasteiger partial charge is 0.486 e. The quantitative estimate of drug-likeness (QED) is 0.368. The minimum atomic E-state index is -0.123. The molecule has 4 aromatic rings. The van der Waals surface area contributed by atoms with Gasteiger partial charge in [0.25, 0.3) is 5.91 Å². The minimum absolute atomic E-state index is 0.123. The third kappa shape index (κ3) is 5.99.